The number of hydrogen-bond donors (Lipinski definition) is 1. The topological polar surface area (TPSA) is 92.6 Å². The third-order valence-corrected chi connectivity index (χ3v) is 8.30. The number of carbonyl (C=O) groups is 2. The molecule has 3 atom stereocenters. The van der Waals surface area contributed by atoms with Crippen LogP contribution in [0.5, 0.6) is 0 Å². The lowest BCUT2D eigenvalue weighted by Crippen LogP contribution is -2.58. The number of hydrogen-bond acceptors (Lipinski definition) is 6. The molecule has 1 aliphatic heterocycles. The van der Waals surface area contributed by atoms with Gasteiger partial charge in [-0.15, -0.1) is 5.10 Å². The number of piperazine rings is 1. The van der Waals surface area contributed by atoms with Crippen molar-refractivity contribution in [2.75, 3.05) is 13.1 Å². The van der Waals surface area contributed by atoms with Crippen LogP contribution in [0, 0.1) is 12.7 Å². The van der Waals surface area contributed by atoms with Gasteiger partial charge in [0.1, 0.15) is 11.4 Å². The summed E-state index contributed by atoms with van der Waals surface area (Å²) in [7, 11) is 0. The maximum absolute atomic E-state index is 14.6. The molecule has 230 valence electrons. The monoisotopic (exact) mass is 610 g/mol. The first kappa shape index (κ1) is 30.9. The number of nitrogens with zero attached hydrogens (tertiary/aromatic N) is 5. The van der Waals surface area contributed by atoms with E-state index in [1.54, 1.807) is 21.7 Å². The molecule has 2 amide bonds. The molecule has 1 aromatic heterocycles. The summed E-state index contributed by atoms with van der Waals surface area (Å²) in [5.74, 6) is -0.603. The standard InChI is InChI=1S/C32H40ClFN6O3/c1-19-10-11-25(30(41)35-28-9-7-8-24-26(28)13-22(33)14-27(24)34)29(12-19)40-18-23(36-37-40)17-39-20(2)15-38(16-21(39)3)31(42)43-32(4,5)6/h10-14,18,20-21,28H,7-9,15-17H2,1-6H3,(H,35,41)/t20-,21+,28?. The lowest BCUT2D eigenvalue weighted by atomic mass is 9.87. The van der Waals surface area contributed by atoms with Gasteiger partial charge in [0.2, 0.25) is 0 Å². The van der Waals surface area contributed by atoms with E-state index in [-0.39, 0.29) is 35.9 Å². The van der Waals surface area contributed by atoms with Gasteiger partial charge in [0.05, 0.1) is 29.2 Å². The molecule has 1 N–H and O–H groups in total. The molecule has 1 saturated heterocycles. The molecule has 1 fully saturated rings. The molecule has 1 aliphatic carbocycles. The first-order chi connectivity index (χ1) is 20.3. The van der Waals surface area contributed by atoms with Crippen LogP contribution in [0.1, 0.15) is 86.2 Å². The second-order valence-corrected chi connectivity index (χ2v) is 13.2. The minimum Gasteiger partial charge on any atom is -0.444 e. The summed E-state index contributed by atoms with van der Waals surface area (Å²) in [5, 5.41) is 12.2. The molecule has 9 nitrogen and oxygen atoms in total. The van der Waals surface area contributed by atoms with Gasteiger partial charge in [0, 0.05) is 36.7 Å². The van der Waals surface area contributed by atoms with Gasteiger partial charge >= 0.3 is 6.09 Å². The second kappa shape index (κ2) is 12.2. The smallest absolute Gasteiger partial charge is 0.410 e. The zero-order valence-electron chi connectivity index (χ0n) is 25.7. The molecule has 11 heteroatoms. The molecule has 2 aliphatic rings. The molecule has 0 spiro atoms. The highest BCUT2D eigenvalue weighted by molar-refractivity contribution is 6.30. The predicted octanol–water partition coefficient (Wildman–Crippen LogP) is 6.01. The van der Waals surface area contributed by atoms with Crippen LogP contribution in [0.2, 0.25) is 5.02 Å². The predicted molar refractivity (Wildman–Crippen MR) is 163 cm³/mol. The molecule has 2 aromatic carbocycles. The van der Waals surface area contributed by atoms with Gasteiger partial charge in [0.15, 0.2) is 0 Å². The average molecular weight is 611 g/mol. The molecule has 0 bridgehead atoms. The maximum atomic E-state index is 14.6. The van der Waals surface area contributed by atoms with E-state index < -0.39 is 5.60 Å². The third kappa shape index (κ3) is 7.02. The van der Waals surface area contributed by atoms with Crippen LogP contribution < -0.4 is 5.32 Å². The Morgan fingerprint density at radius 3 is 2.56 bits per heavy atom. The van der Waals surface area contributed by atoms with Crippen molar-refractivity contribution in [3.05, 3.63) is 75.3 Å². The Kier molecular flexibility index (Phi) is 8.81. The highest BCUT2D eigenvalue weighted by atomic mass is 35.5. The van der Waals surface area contributed by atoms with Gasteiger partial charge in [-0.05, 0) is 102 Å². The fourth-order valence-electron chi connectivity index (χ4n) is 6.07. The van der Waals surface area contributed by atoms with Crippen molar-refractivity contribution in [1.29, 1.82) is 0 Å². The van der Waals surface area contributed by atoms with Crippen molar-refractivity contribution >= 4 is 23.6 Å². The summed E-state index contributed by atoms with van der Waals surface area (Å²) in [5.41, 5.74) is 3.59. The van der Waals surface area contributed by atoms with Gasteiger partial charge in [-0.1, -0.05) is 22.9 Å². The number of aromatic nitrogens is 3. The Labute approximate surface area is 257 Å². The van der Waals surface area contributed by atoms with Crippen LogP contribution in [0.15, 0.2) is 36.5 Å². The lowest BCUT2D eigenvalue weighted by Gasteiger charge is -2.44. The summed E-state index contributed by atoms with van der Waals surface area (Å²) in [6, 6.07) is 8.47. The normalized spacial score (nSPS) is 20.9. The van der Waals surface area contributed by atoms with E-state index in [9.17, 15) is 14.0 Å². The Bertz CT molecular complexity index is 1510. The van der Waals surface area contributed by atoms with Crippen LogP contribution in [0.25, 0.3) is 5.69 Å². The Hall–Kier alpha value is -3.50. The van der Waals surface area contributed by atoms with Crippen molar-refractivity contribution < 1.29 is 18.7 Å². The second-order valence-electron chi connectivity index (χ2n) is 12.8. The van der Waals surface area contributed by atoms with Crippen LogP contribution in [-0.4, -0.2) is 67.6 Å². The molecule has 5 rings (SSSR count). The maximum Gasteiger partial charge on any atom is 0.410 e. The van der Waals surface area contributed by atoms with Crippen LogP contribution in [0.3, 0.4) is 0 Å². The van der Waals surface area contributed by atoms with Gasteiger partial charge in [-0.3, -0.25) is 9.69 Å². The Balaban J connectivity index is 1.32. The van der Waals surface area contributed by atoms with Crippen molar-refractivity contribution in [3.8, 4) is 5.69 Å². The number of rotatable bonds is 5. The number of ether oxygens (including phenoxy) is 1. The Morgan fingerprint density at radius 2 is 1.86 bits per heavy atom. The quantitative estimate of drug-likeness (QED) is 0.381. The zero-order chi connectivity index (χ0) is 31.1. The minimum absolute atomic E-state index is 0.0819. The number of benzene rings is 2. The number of fused-ring (bicyclic) bond motifs is 1. The first-order valence-electron chi connectivity index (χ1n) is 14.8. The number of nitrogens with one attached hydrogen (secondary N) is 1. The zero-order valence-corrected chi connectivity index (χ0v) is 26.4. The van der Waals surface area contributed by atoms with Gasteiger partial charge in [0.25, 0.3) is 5.91 Å². The average Bonchev–Trinajstić information content (AvgIpc) is 3.38. The summed E-state index contributed by atoms with van der Waals surface area (Å²) in [6.45, 7) is 13.4. The summed E-state index contributed by atoms with van der Waals surface area (Å²) in [6.07, 6.45) is 3.63. The minimum atomic E-state index is -0.544. The van der Waals surface area contributed by atoms with Crippen LogP contribution in [-0.2, 0) is 17.7 Å². The van der Waals surface area contributed by atoms with Gasteiger partial charge in [-0.25, -0.2) is 13.9 Å². The number of aryl methyl sites for hydroxylation is 1. The Morgan fingerprint density at radius 1 is 1.14 bits per heavy atom. The number of amides is 2. The molecule has 0 radical (unpaired) electrons. The molecule has 1 unspecified atom stereocenters. The van der Waals surface area contributed by atoms with Crippen LogP contribution in [0.4, 0.5) is 9.18 Å². The van der Waals surface area contributed by atoms with Gasteiger partial charge < -0.3 is 15.0 Å². The van der Waals surface area contributed by atoms with E-state index in [0.29, 0.717) is 54.3 Å². The molecule has 43 heavy (non-hydrogen) atoms. The van der Waals surface area contributed by atoms with Crippen molar-refractivity contribution in [1.82, 2.24) is 30.1 Å². The van der Waals surface area contributed by atoms with E-state index in [2.05, 4.69) is 34.4 Å². The summed E-state index contributed by atoms with van der Waals surface area (Å²) >= 11 is 6.16. The van der Waals surface area contributed by atoms with Crippen molar-refractivity contribution in [3.63, 3.8) is 0 Å². The molecule has 0 saturated carbocycles. The summed E-state index contributed by atoms with van der Waals surface area (Å²) < 4.78 is 21.8. The third-order valence-electron chi connectivity index (χ3n) is 8.08. The van der Waals surface area contributed by atoms with E-state index in [1.165, 1.54) is 6.07 Å². The molecule has 2 heterocycles. The van der Waals surface area contributed by atoms with E-state index >= 15 is 0 Å². The number of halogens is 2. The fraction of sp³-hybridized carbons (Fsp3) is 0.500. The number of carbonyl (C=O) groups excluding carboxylic acids is 2. The first-order valence-corrected chi connectivity index (χ1v) is 15.2. The SMILES string of the molecule is Cc1ccc(C(=O)NC2CCCc3c(F)cc(Cl)cc32)c(-n2cc(CN3[C@H](C)CN(C(=O)OC(C)(C)C)C[C@@H]3C)nn2)c1. The largest absolute Gasteiger partial charge is 0.444 e. The van der Waals surface area contributed by atoms with Gasteiger partial charge in [-0.2, -0.15) is 0 Å². The highest BCUT2D eigenvalue weighted by Gasteiger charge is 2.34. The lowest BCUT2D eigenvalue weighted by molar-refractivity contribution is -0.00997. The van der Waals surface area contributed by atoms with Crippen molar-refractivity contribution in [2.24, 2.45) is 0 Å². The summed E-state index contributed by atoms with van der Waals surface area (Å²) in [4.78, 5) is 30.4. The molecular formula is C32H40ClFN6O3. The van der Waals surface area contributed by atoms with E-state index in [1.807, 2.05) is 46.0 Å². The highest BCUT2D eigenvalue weighted by Crippen LogP contribution is 2.34. The molecule has 3 aromatic rings. The molecular weight excluding hydrogens is 571 g/mol. The van der Waals surface area contributed by atoms with E-state index in [0.717, 1.165) is 23.2 Å². The fourth-order valence-corrected chi connectivity index (χ4v) is 6.28. The van der Waals surface area contributed by atoms with Crippen LogP contribution >= 0.6 is 11.6 Å². The van der Waals surface area contributed by atoms with E-state index in [4.69, 9.17) is 16.3 Å². The van der Waals surface area contributed by atoms with Crippen molar-refractivity contribution in [2.45, 2.75) is 91.1 Å².